The fourth-order valence-corrected chi connectivity index (χ4v) is 7.02. The monoisotopic (exact) mass is 588 g/mol. The molecular formula is C44H28O2. The lowest BCUT2D eigenvalue weighted by molar-refractivity contribution is 0.111. The number of rotatable bonds is 6. The van der Waals surface area contributed by atoms with E-state index in [1.165, 1.54) is 0 Å². The zero-order valence-electron chi connectivity index (χ0n) is 25.0. The van der Waals surface area contributed by atoms with Crippen LogP contribution >= 0.6 is 0 Å². The maximum absolute atomic E-state index is 12.3. The van der Waals surface area contributed by atoms with E-state index in [0.29, 0.717) is 11.1 Å². The summed E-state index contributed by atoms with van der Waals surface area (Å²) in [5, 5.41) is 6.18. The fraction of sp³-hybridized carbons (Fsp3) is 0. The minimum atomic E-state index is 0.617. The van der Waals surface area contributed by atoms with Crippen molar-refractivity contribution in [3.8, 4) is 44.5 Å². The van der Waals surface area contributed by atoms with Gasteiger partial charge in [0.25, 0.3) is 0 Å². The number of fused-ring (bicyclic) bond motifs is 6. The Morgan fingerprint density at radius 2 is 0.609 bits per heavy atom. The van der Waals surface area contributed by atoms with Gasteiger partial charge in [-0.05, 0) is 89.0 Å². The van der Waals surface area contributed by atoms with Crippen molar-refractivity contribution < 1.29 is 9.59 Å². The number of carbonyl (C=O) groups excluding carboxylic acids is 2. The molecule has 0 bridgehead atoms. The summed E-state index contributed by atoms with van der Waals surface area (Å²) in [5.41, 5.74) is 10.00. The number of aldehydes is 2. The van der Waals surface area contributed by atoms with Crippen LogP contribution in [0.15, 0.2) is 158 Å². The predicted octanol–water partition coefficient (Wildman–Crippen LogP) is 11.4. The Hall–Kier alpha value is -6.12. The van der Waals surface area contributed by atoms with E-state index in [1.54, 1.807) is 0 Å². The van der Waals surface area contributed by atoms with Gasteiger partial charge in [-0.15, -0.1) is 0 Å². The third kappa shape index (κ3) is 4.43. The normalized spacial score (nSPS) is 11.2. The molecule has 0 saturated carbocycles. The van der Waals surface area contributed by atoms with Crippen LogP contribution < -0.4 is 0 Å². The van der Waals surface area contributed by atoms with Gasteiger partial charge >= 0.3 is 0 Å². The molecule has 0 aliphatic rings. The maximum atomic E-state index is 12.3. The first-order chi connectivity index (χ1) is 22.8. The van der Waals surface area contributed by atoms with Gasteiger partial charge in [0.2, 0.25) is 0 Å². The van der Waals surface area contributed by atoms with Crippen LogP contribution in [-0.4, -0.2) is 12.6 Å². The fourth-order valence-electron chi connectivity index (χ4n) is 7.02. The Morgan fingerprint density at radius 1 is 0.304 bits per heavy atom. The topological polar surface area (TPSA) is 34.1 Å². The van der Waals surface area contributed by atoms with Crippen molar-refractivity contribution in [2.75, 3.05) is 0 Å². The second kappa shape index (κ2) is 11.4. The highest BCUT2D eigenvalue weighted by Crippen LogP contribution is 2.54. The van der Waals surface area contributed by atoms with Gasteiger partial charge in [0.1, 0.15) is 12.6 Å². The molecule has 0 N–H and O–H groups in total. The minimum absolute atomic E-state index is 0.617. The van der Waals surface area contributed by atoms with Crippen LogP contribution in [0, 0.1) is 0 Å². The smallest absolute Gasteiger partial charge is 0.150 e. The highest BCUT2D eigenvalue weighted by atomic mass is 16.1. The molecule has 0 aromatic heterocycles. The van der Waals surface area contributed by atoms with Gasteiger partial charge in [0.15, 0.2) is 0 Å². The van der Waals surface area contributed by atoms with Crippen LogP contribution in [0.25, 0.3) is 76.8 Å². The average Bonchev–Trinajstić information content (AvgIpc) is 3.14. The second-order valence-electron chi connectivity index (χ2n) is 11.6. The summed E-state index contributed by atoms with van der Waals surface area (Å²) in [6.45, 7) is 0. The van der Waals surface area contributed by atoms with Gasteiger partial charge in [-0.25, -0.2) is 0 Å². The summed E-state index contributed by atoms with van der Waals surface area (Å²) >= 11 is 0. The Balaban J connectivity index is 1.80. The van der Waals surface area contributed by atoms with E-state index >= 15 is 0 Å². The van der Waals surface area contributed by atoms with Gasteiger partial charge in [-0.1, -0.05) is 146 Å². The number of hydrogen-bond donors (Lipinski definition) is 0. The van der Waals surface area contributed by atoms with E-state index in [9.17, 15) is 9.59 Å². The van der Waals surface area contributed by atoms with Gasteiger partial charge in [0.05, 0.1) is 0 Å². The third-order valence-electron chi connectivity index (χ3n) is 8.94. The molecule has 0 heterocycles. The molecule has 0 fully saturated rings. The van der Waals surface area contributed by atoms with Crippen LogP contribution in [0.3, 0.4) is 0 Å². The summed E-state index contributed by atoms with van der Waals surface area (Å²) in [7, 11) is 0. The molecule has 0 spiro atoms. The van der Waals surface area contributed by atoms with E-state index < -0.39 is 0 Å². The van der Waals surface area contributed by atoms with Crippen molar-refractivity contribution >= 4 is 44.9 Å². The maximum Gasteiger partial charge on any atom is 0.150 e. The molecule has 8 aromatic rings. The van der Waals surface area contributed by atoms with E-state index in [1.807, 2.05) is 60.7 Å². The summed E-state index contributed by atoms with van der Waals surface area (Å²) < 4.78 is 0. The number of benzene rings is 8. The zero-order chi connectivity index (χ0) is 31.0. The second-order valence-corrected chi connectivity index (χ2v) is 11.6. The number of carbonyl (C=O) groups is 2. The van der Waals surface area contributed by atoms with E-state index in [2.05, 4.69) is 97.1 Å². The molecular weight excluding hydrogens is 560 g/mol. The van der Waals surface area contributed by atoms with E-state index in [0.717, 1.165) is 89.4 Å². The standard InChI is InChI=1S/C44H28O2/c45-27-29-21-23-35-36-24-22-30(28-46)26-38(36)44-42(34-19-11-4-12-20-34)40(32-15-7-2-8-16-32)39(31-13-5-1-6-14-31)41(43(44)37(35)25-29)33-17-9-3-10-18-33/h1-28H. The SMILES string of the molecule is O=Cc1ccc2c3ccc(C=O)cc3c3c(-c4ccccc4)c(-c4ccccc4)c(-c4ccccc4)c(-c4ccccc4)c3c2c1. The van der Waals surface area contributed by atoms with Crippen LogP contribution in [0.4, 0.5) is 0 Å². The van der Waals surface area contributed by atoms with Crippen molar-refractivity contribution in [1.82, 2.24) is 0 Å². The Labute approximate surface area is 267 Å². The molecule has 0 atom stereocenters. The van der Waals surface area contributed by atoms with E-state index in [-0.39, 0.29) is 0 Å². The number of hydrogen-bond acceptors (Lipinski definition) is 2. The van der Waals surface area contributed by atoms with Gasteiger partial charge in [-0.3, -0.25) is 9.59 Å². The van der Waals surface area contributed by atoms with Crippen LogP contribution in [0.5, 0.6) is 0 Å². The van der Waals surface area contributed by atoms with Gasteiger partial charge in [-0.2, -0.15) is 0 Å². The molecule has 0 radical (unpaired) electrons. The summed E-state index contributed by atoms with van der Waals surface area (Å²) in [6, 6.07) is 54.1. The quantitative estimate of drug-likeness (QED) is 0.143. The minimum Gasteiger partial charge on any atom is -0.298 e. The zero-order valence-corrected chi connectivity index (χ0v) is 25.0. The largest absolute Gasteiger partial charge is 0.298 e. The Morgan fingerprint density at radius 3 is 0.913 bits per heavy atom. The van der Waals surface area contributed by atoms with Crippen LogP contribution in [0.1, 0.15) is 20.7 Å². The van der Waals surface area contributed by atoms with E-state index in [4.69, 9.17) is 0 Å². The predicted molar refractivity (Wildman–Crippen MR) is 191 cm³/mol. The third-order valence-corrected chi connectivity index (χ3v) is 8.94. The summed E-state index contributed by atoms with van der Waals surface area (Å²) in [4.78, 5) is 24.5. The lowest BCUT2D eigenvalue weighted by Crippen LogP contribution is -1.99. The van der Waals surface area contributed by atoms with Crippen molar-refractivity contribution in [2.45, 2.75) is 0 Å². The first-order valence-corrected chi connectivity index (χ1v) is 15.4. The first-order valence-electron chi connectivity index (χ1n) is 15.4. The van der Waals surface area contributed by atoms with Crippen molar-refractivity contribution in [3.05, 3.63) is 169 Å². The lowest BCUT2D eigenvalue weighted by atomic mass is 9.76. The molecule has 2 nitrogen and oxygen atoms in total. The molecule has 8 rings (SSSR count). The average molecular weight is 589 g/mol. The molecule has 0 amide bonds. The Bertz CT molecular complexity index is 2240. The van der Waals surface area contributed by atoms with Gasteiger partial charge < -0.3 is 0 Å². The molecule has 0 saturated heterocycles. The molecule has 0 unspecified atom stereocenters. The van der Waals surface area contributed by atoms with Crippen molar-refractivity contribution in [3.63, 3.8) is 0 Å². The van der Waals surface area contributed by atoms with Crippen LogP contribution in [-0.2, 0) is 0 Å². The molecule has 0 aliphatic carbocycles. The van der Waals surface area contributed by atoms with Gasteiger partial charge in [0, 0.05) is 11.1 Å². The summed E-state index contributed by atoms with van der Waals surface area (Å²) in [6.07, 6.45) is 1.84. The summed E-state index contributed by atoms with van der Waals surface area (Å²) in [5.74, 6) is 0. The highest BCUT2D eigenvalue weighted by molar-refractivity contribution is 6.35. The molecule has 0 aliphatic heterocycles. The molecule has 46 heavy (non-hydrogen) atoms. The highest BCUT2D eigenvalue weighted by Gasteiger charge is 2.27. The van der Waals surface area contributed by atoms with Crippen molar-refractivity contribution in [1.29, 1.82) is 0 Å². The first kappa shape index (κ1) is 27.4. The lowest BCUT2D eigenvalue weighted by Gasteiger charge is -2.26. The van der Waals surface area contributed by atoms with Crippen molar-refractivity contribution in [2.24, 2.45) is 0 Å². The molecule has 8 aromatic carbocycles. The Kier molecular flexibility index (Phi) is 6.81. The van der Waals surface area contributed by atoms with Crippen LogP contribution in [0.2, 0.25) is 0 Å². The molecule has 2 heteroatoms. The molecule has 216 valence electrons.